The lowest BCUT2D eigenvalue weighted by molar-refractivity contribution is 0.0926. The van der Waals surface area contributed by atoms with Crippen LogP contribution < -0.4 is 5.32 Å². The van der Waals surface area contributed by atoms with Crippen molar-refractivity contribution in [1.82, 2.24) is 5.32 Å². The van der Waals surface area contributed by atoms with Crippen molar-refractivity contribution >= 4 is 17.2 Å². The van der Waals surface area contributed by atoms with Crippen LogP contribution in [0.2, 0.25) is 0 Å². The van der Waals surface area contributed by atoms with Crippen molar-refractivity contribution in [3.8, 4) is 0 Å². The molecule has 1 amide bonds. The molecule has 0 bridgehead atoms. The monoisotopic (exact) mass is 199 g/mol. The minimum absolute atomic E-state index is 0.0316. The number of thiophene rings is 1. The van der Waals surface area contributed by atoms with Gasteiger partial charge in [-0.15, -0.1) is 11.3 Å². The largest absolute Gasteiger partial charge is 0.394 e. The Morgan fingerprint density at radius 3 is 2.92 bits per heavy atom. The van der Waals surface area contributed by atoms with Gasteiger partial charge in [-0.05, 0) is 30.9 Å². The van der Waals surface area contributed by atoms with Gasteiger partial charge in [0.2, 0.25) is 0 Å². The summed E-state index contributed by atoms with van der Waals surface area (Å²) in [6, 6.07) is 1.65. The lowest BCUT2D eigenvalue weighted by Gasteiger charge is -2.08. The van der Waals surface area contributed by atoms with Gasteiger partial charge in [-0.2, -0.15) is 0 Å². The van der Waals surface area contributed by atoms with Crippen LogP contribution in [-0.2, 0) is 0 Å². The average Bonchev–Trinajstić information content (AvgIpc) is 2.51. The molecule has 0 radical (unpaired) electrons. The molecule has 1 rings (SSSR count). The Bertz CT molecular complexity index is 296. The van der Waals surface area contributed by atoms with E-state index in [1.165, 1.54) is 11.3 Å². The number of nitrogens with one attached hydrogen (secondary N) is 1. The summed E-state index contributed by atoms with van der Waals surface area (Å²) < 4.78 is 0. The Morgan fingerprint density at radius 1 is 1.77 bits per heavy atom. The fourth-order valence-corrected chi connectivity index (χ4v) is 1.69. The second-order valence-electron chi connectivity index (χ2n) is 3.05. The summed E-state index contributed by atoms with van der Waals surface area (Å²) in [5.41, 5.74) is 1.09. The van der Waals surface area contributed by atoms with Crippen LogP contribution in [0.4, 0.5) is 0 Å². The van der Waals surface area contributed by atoms with Crippen molar-refractivity contribution in [2.24, 2.45) is 0 Å². The molecule has 0 aliphatic heterocycles. The van der Waals surface area contributed by atoms with Crippen molar-refractivity contribution < 1.29 is 9.90 Å². The first kappa shape index (κ1) is 10.2. The van der Waals surface area contributed by atoms with E-state index in [0.717, 1.165) is 5.56 Å². The van der Waals surface area contributed by atoms with Crippen LogP contribution >= 0.6 is 11.3 Å². The predicted octanol–water partition coefficient (Wildman–Crippen LogP) is 1.17. The molecular weight excluding hydrogens is 186 g/mol. The van der Waals surface area contributed by atoms with Crippen molar-refractivity contribution in [3.05, 3.63) is 21.9 Å². The van der Waals surface area contributed by atoms with Crippen molar-refractivity contribution in [2.45, 2.75) is 19.9 Å². The number of rotatable bonds is 3. The molecular formula is C9H13NO2S. The summed E-state index contributed by atoms with van der Waals surface area (Å²) in [5.74, 6) is -0.111. The minimum atomic E-state index is -0.185. The van der Waals surface area contributed by atoms with Gasteiger partial charge in [0.05, 0.1) is 11.5 Å². The molecule has 3 nitrogen and oxygen atoms in total. The first-order valence-electron chi connectivity index (χ1n) is 4.10. The van der Waals surface area contributed by atoms with Crippen molar-refractivity contribution in [2.75, 3.05) is 6.61 Å². The lowest BCUT2D eigenvalue weighted by Crippen LogP contribution is -2.34. The SMILES string of the molecule is Cc1csc(C(=O)NC(C)CO)c1. The maximum Gasteiger partial charge on any atom is 0.261 e. The Hall–Kier alpha value is -0.870. The third kappa shape index (κ3) is 2.82. The van der Waals surface area contributed by atoms with E-state index in [1.54, 1.807) is 6.92 Å². The van der Waals surface area contributed by atoms with E-state index in [9.17, 15) is 4.79 Å². The number of amides is 1. The van der Waals surface area contributed by atoms with Gasteiger partial charge in [0.1, 0.15) is 0 Å². The van der Waals surface area contributed by atoms with E-state index >= 15 is 0 Å². The first-order valence-corrected chi connectivity index (χ1v) is 4.98. The second kappa shape index (κ2) is 4.39. The maximum atomic E-state index is 11.4. The van der Waals surface area contributed by atoms with E-state index in [2.05, 4.69) is 5.32 Å². The highest BCUT2D eigenvalue weighted by molar-refractivity contribution is 7.12. The highest BCUT2D eigenvalue weighted by Crippen LogP contribution is 2.13. The molecule has 1 aromatic heterocycles. The van der Waals surface area contributed by atoms with Gasteiger partial charge in [0.15, 0.2) is 0 Å². The molecule has 1 unspecified atom stereocenters. The Labute approximate surface area is 81.4 Å². The second-order valence-corrected chi connectivity index (χ2v) is 3.96. The van der Waals surface area contributed by atoms with Crippen LogP contribution in [0.5, 0.6) is 0 Å². The number of hydrogen-bond donors (Lipinski definition) is 2. The lowest BCUT2D eigenvalue weighted by atomic mass is 10.3. The van der Waals surface area contributed by atoms with E-state index < -0.39 is 0 Å². The normalized spacial score (nSPS) is 12.5. The molecule has 72 valence electrons. The zero-order valence-corrected chi connectivity index (χ0v) is 8.52. The molecule has 0 saturated heterocycles. The highest BCUT2D eigenvalue weighted by Gasteiger charge is 2.09. The highest BCUT2D eigenvalue weighted by atomic mass is 32.1. The Kier molecular flexibility index (Phi) is 3.45. The van der Waals surface area contributed by atoms with Gasteiger partial charge < -0.3 is 10.4 Å². The van der Waals surface area contributed by atoms with Gasteiger partial charge in [0.25, 0.3) is 5.91 Å². The molecule has 4 heteroatoms. The molecule has 13 heavy (non-hydrogen) atoms. The average molecular weight is 199 g/mol. The fraction of sp³-hybridized carbons (Fsp3) is 0.444. The molecule has 2 N–H and O–H groups in total. The first-order chi connectivity index (χ1) is 6.13. The molecule has 0 fully saturated rings. The van der Waals surface area contributed by atoms with Crippen LogP contribution in [0.25, 0.3) is 0 Å². The van der Waals surface area contributed by atoms with Gasteiger partial charge in [0, 0.05) is 6.04 Å². The summed E-state index contributed by atoms with van der Waals surface area (Å²) in [6.45, 7) is 3.68. The standard InChI is InChI=1S/C9H13NO2S/c1-6-3-8(13-5-6)9(12)10-7(2)4-11/h3,5,7,11H,4H2,1-2H3,(H,10,12). The van der Waals surface area contributed by atoms with E-state index in [-0.39, 0.29) is 18.6 Å². The fourth-order valence-electron chi connectivity index (χ4n) is 0.891. The number of aliphatic hydroxyl groups is 1. The summed E-state index contributed by atoms with van der Waals surface area (Å²) in [7, 11) is 0. The maximum absolute atomic E-state index is 11.4. The molecule has 1 aromatic rings. The van der Waals surface area contributed by atoms with E-state index in [0.29, 0.717) is 4.88 Å². The van der Waals surface area contributed by atoms with Crippen LogP contribution in [-0.4, -0.2) is 23.7 Å². The number of carbonyl (C=O) groups excluding carboxylic acids is 1. The van der Waals surface area contributed by atoms with Crippen LogP contribution in [0, 0.1) is 6.92 Å². The van der Waals surface area contributed by atoms with Gasteiger partial charge in [-0.25, -0.2) is 0 Å². The van der Waals surface area contributed by atoms with Crippen LogP contribution in [0.1, 0.15) is 22.2 Å². The van der Waals surface area contributed by atoms with E-state index in [1.807, 2.05) is 18.4 Å². The molecule has 0 aliphatic carbocycles. The van der Waals surface area contributed by atoms with E-state index in [4.69, 9.17) is 5.11 Å². The van der Waals surface area contributed by atoms with Crippen molar-refractivity contribution in [3.63, 3.8) is 0 Å². The van der Waals surface area contributed by atoms with Crippen LogP contribution in [0.15, 0.2) is 11.4 Å². The zero-order valence-electron chi connectivity index (χ0n) is 7.70. The molecule has 0 spiro atoms. The summed E-state index contributed by atoms with van der Waals surface area (Å²) in [5, 5.41) is 13.3. The van der Waals surface area contributed by atoms with Crippen LogP contribution in [0.3, 0.4) is 0 Å². The van der Waals surface area contributed by atoms with Gasteiger partial charge in [-0.1, -0.05) is 0 Å². The quantitative estimate of drug-likeness (QED) is 0.767. The molecule has 1 atom stereocenters. The Balaban J connectivity index is 2.58. The number of aliphatic hydroxyl groups excluding tert-OH is 1. The molecule has 0 aromatic carbocycles. The number of carbonyl (C=O) groups is 1. The topological polar surface area (TPSA) is 49.3 Å². The third-order valence-corrected chi connectivity index (χ3v) is 2.65. The number of aryl methyl sites for hydroxylation is 1. The number of hydrogen-bond acceptors (Lipinski definition) is 3. The van der Waals surface area contributed by atoms with Crippen molar-refractivity contribution in [1.29, 1.82) is 0 Å². The summed E-state index contributed by atoms with van der Waals surface area (Å²) >= 11 is 1.42. The predicted molar refractivity (Wildman–Crippen MR) is 53.1 cm³/mol. The third-order valence-electron chi connectivity index (χ3n) is 1.61. The molecule has 1 heterocycles. The Morgan fingerprint density at radius 2 is 2.46 bits per heavy atom. The van der Waals surface area contributed by atoms with Gasteiger partial charge in [-0.3, -0.25) is 4.79 Å². The smallest absolute Gasteiger partial charge is 0.261 e. The molecule has 0 saturated carbocycles. The van der Waals surface area contributed by atoms with Gasteiger partial charge >= 0.3 is 0 Å². The molecule has 0 aliphatic rings. The summed E-state index contributed by atoms with van der Waals surface area (Å²) in [6.07, 6.45) is 0. The minimum Gasteiger partial charge on any atom is -0.394 e. The summed E-state index contributed by atoms with van der Waals surface area (Å²) in [4.78, 5) is 12.1. The zero-order chi connectivity index (χ0) is 9.84.